The third-order valence-corrected chi connectivity index (χ3v) is 4.51. The molecule has 0 aliphatic heterocycles. The Morgan fingerprint density at radius 1 is 0.947 bits per heavy atom. The largest absolute Gasteiger partial charge is 0.218 e. The van der Waals surface area contributed by atoms with E-state index in [0.717, 1.165) is 5.56 Å². The molecule has 0 saturated carbocycles. The van der Waals surface area contributed by atoms with E-state index >= 15 is 0 Å². The lowest BCUT2D eigenvalue weighted by Crippen LogP contribution is -2.37. The fourth-order valence-corrected chi connectivity index (χ4v) is 3.84. The lowest BCUT2D eigenvalue weighted by Gasteiger charge is -2.25. The lowest BCUT2D eigenvalue weighted by atomic mass is 10.2. The second-order valence-electron chi connectivity index (χ2n) is 5.85. The monoisotopic (exact) mass is 283 g/mol. The van der Waals surface area contributed by atoms with Gasteiger partial charge in [0.25, 0.3) is 0 Å². The van der Waals surface area contributed by atoms with Crippen LogP contribution in [0.1, 0.15) is 33.3 Å². The van der Waals surface area contributed by atoms with Crippen molar-refractivity contribution in [1.29, 1.82) is 0 Å². The van der Waals surface area contributed by atoms with Gasteiger partial charge in [-0.25, -0.2) is 12.7 Å². The Morgan fingerprint density at radius 3 is 1.84 bits per heavy atom. The van der Waals surface area contributed by atoms with Gasteiger partial charge in [-0.05, 0) is 17.4 Å². The maximum Gasteiger partial charge on any atom is 0.218 e. The van der Waals surface area contributed by atoms with Crippen molar-refractivity contribution in [3.63, 3.8) is 0 Å². The predicted octanol–water partition coefficient (Wildman–Crippen LogP) is 3.13. The van der Waals surface area contributed by atoms with Gasteiger partial charge in [-0.1, -0.05) is 58.0 Å². The van der Waals surface area contributed by atoms with Crippen molar-refractivity contribution >= 4 is 10.0 Å². The summed E-state index contributed by atoms with van der Waals surface area (Å²) in [6.07, 6.45) is 0. The van der Waals surface area contributed by atoms with Crippen LogP contribution in [0.4, 0.5) is 0 Å². The van der Waals surface area contributed by atoms with Gasteiger partial charge < -0.3 is 0 Å². The average Bonchev–Trinajstić information content (AvgIpc) is 2.27. The summed E-state index contributed by atoms with van der Waals surface area (Å²) in [5.41, 5.74) is 0.847. The van der Waals surface area contributed by atoms with Crippen LogP contribution in [-0.2, 0) is 15.8 Å². The zero-order valence-electron chi connectivity index (χ0n) is 12.3. The van der Waals surface area contributed by atoms with Gasteiger partial charge in [0.2, 0.25) is 10.0 Å². The van der Waals surface area contributed by atoms with E-state index in [2.05, 4.69) is 0 Å². The third-order valence-electron chi connectivity index (χ3n) is 2.72. The van der Waals surface area contributed by atoms with E-state index < -0.39 is 10.0 Å². The molecular weight excluding hydrogens is 258 g/mol. The first-order valence-electron chi connectivity index (χ1n) is 6.83. The van der Waals surface area contributed by atoms with E-state index in [4.69, 9.17) is 0 Å². The molecule has 19 heavy (non-hydrogen) atoms. The molecule has 0 radical (unpaired) electrons. The van der Waals surface area contributed by atoms with Gasteiger partial charge in [-0.3, -0.25) is 0 Å². The van der Waals surface area contributed by atoms with Crippen LogP contribution < -0.4 is 0 Å². The van der Waals surface area contributed by atoms with Gasteiger partial charge in [0.1, 0.15) is 0 Å². The fraction of sp³-hybridized carbons (Fsp3) is 0.600. The van der Waals surface area contributed by atoms with Crippen molar-refractivity contribution in [1.82, 2.24) is 4.31 Å². The molecule has 0 fully saturated rings. The second kappa shape index (κ2) is 7.06. The Kier molecular flexibility index (Phi) is 6.01. The molecule has 1 aromatic carbocycles. The van der Waals surface area contributed by atoms with Gasteiger partial charge in [0.05, 0.1) is 5.75 Å². The number of hydrogen-bond acceptors (Lipinski definition) is 2. The van der Waals surface area contributed by atoms with Gasteiger partial charge in [-0.15, -0.1) is 0 Å². The molecule has 0 N–H and O–H groups in total. The van der Waals surface area contributed by atoms with Crippen LogP contribution in [0.2, 0.25) is 0 Å². The first-order chi connectivity index (χ1) is 8.81. The molecule has 108 valence electrons. The van der Waals surface area contributed by atoms with Crippen LogP contribution in [0.25, 0.3) is 0 Å². The zero-order valence-corrected chi connectivity index (χ0v) is 13.2. The van der Waals surface area contributed by atoms with Crippen LogP contribution in [0.15, 0.2) is 30.3 Å². The summed E-state index contributed by atoms with van der Waals surface area (Å²) in [7, 11) is -3.23. The number of sulfonamides is 1. The third kappa shape index (κ3) is 5.74. The molecule has 1 aromatic rings. The predicted molar refractivity (Wildman–Crippen MR) is 80.3 cm³/mol. The topological polar surface area (TPSA) is 37.4 Å². The van der Waals surface area contributed by atoms with Gasteiger partial charge in [0, 0.05) is 13.1 Å². The second-order valence-corrected chi connectivity index (χ2v) is 7.82. The SMILES string of the molecule is CC(C)CN(CC(C)C)S(=O)(=O)Cc1ccccc1. The van der Waals surface area contributed by atoms with Crippen LogP contribution >= 0.6 is 0 Å². The minimum Gasteiger partial charge on any atom is -0.212 e. The molecular formula is C15H25NO2S. The quantitative estimate of drug-likeness (QED) is 0.771. The molecule has 0 saturated heterocycles. The smallest absolute Gasteiger partial charge is 0.212 e. The summed E-state index contributed by atoms with van der Waals surface area (Å²) >= 11 is 0. The molecule has 0 amide bonds. The van der Waals surface area contributed by atoms with Crippen LogP contribution in [0.5, 0.6) is 0 Å². The molecule has 0 atom stereocenters. The van der Waals surface area contributed by atoms with Crippen LogP contribution in [-0.4, -0.2) is 25.8 Å². The molecule has 0 aliphatic carbocycles. The molecule has 0 bridgehead atoms. The molecule has 0 aliphatic rings. The minimum absolute atomic E-state index is 0.0906. The molecule has 3 nitrogen and oxygen atoms in total. The summed E-state index contributed by atoms with van der Waals surface area (Å²) in [5, 5.41) is 0. The summed E-state index contributed by atoms with van der Waals surface area (Å²) in [6, 6.07) is 9.37. The van der Waals surface area contributed by atoms with Crippen LogP contribution in [0, 0.1) is 11.8 Å². The summed E-state index contributed by atoms with van der Waals surface area (Å²) < 4.78 is 26.6. The molecule has 0 spiro atoms. The highest BCUT2D eigenvalue weighted by atomic mass is 32.2. The Balaban J connectivity index is 2.86. The van der Waals surface area contributed by atoms with Crippen molar-refractivity contribution < 1.29 is 8.42 Å². The molecule has 0 heterocycles. The Bertz CT molecular complexity index is 456. The first-order valence-corrected chi connectivity index (χ1v) is 8.44. The van der Waals surface area contributed by atoms with E-state index in [1.807, 2.05) is 58.0 Å². The summed E-state index contributed by atoms with van der Waals surface area (Å²) in [4.78, 5) is 0. The number of rotatable bonds is 7. The zero-order chi connectivity index (χ0) is 14.5. The van der Waals surface area contributed by atoms with Crippen molar-refractivity contribution in [2.24, 2.45) is 11.8 Å². The summed E-state index contributed by atoms with van der Waals surface area (Å²) in [6.45, 7) is 9.37. The Hall–Kier alpha value is -0.870. The van der Waals surface area contributed by atoms with Crippen molar-refractivity contribution in [3.05, 3.63) is 35.9 Å². The highest BCUT2D eigenvalue weighted by Gasteiger charge is 2.23. The standard InChI is InChI=1S/C15H25NO2S/c1-13(2)10-16(11-14(3)4)19(17,18)12-15-8-6-5-7-9-15/h5-9,13-14H,10-12H2,1-4H3. The Morgan fingerprint density at radius 2 is 1.42 bits per heavy atom. The molecule has 4 heteroatoms. The molecule has 0 unspecified atom stereocenters. The molecule has 0 aromatic heterocycles. The fourth-order valence-electron chi connectivity index (χ4n) is 1.99. The van der Waals surface area contributed by atoms with Gasteiger partial charge >= 0.3 is 0 Å². The summed E-state index contributed by atoms with van der Waals surface area (Å²) in [5.74, 6) is 0.765. The maximum atomic E-state index is 12.5. The number of hydrogen-bond donors (Lipinski definition) is 0. The highest BCUT2D eigenvalue weighted by Crippen LogP contribution is 2.14. The number of benzene rings is 1. The van der Waals surface area contributed by atoms with E-state index in [0.29, 0.717) is 24.9 Å². The lowest BCUT2D eigenvalue weighted by molar-refractivity contribution is 0.333. The normalized spacial score (nSPS) is 12.6. The van der Waals surface area contributed by atoms with Crippen molar-refractivity contribution in [2.75, 3.05) is 13.1 Å². The minimum atomic E-state index is -3.23. The Labute approximate surface area is 117 Å². The molecule has 1 rings (SSSR count). The van der Waals surface area contributed by atoms with E-state index in [-0.39, 0.29) is 5.75 Å². The van der Waals surface area contributed by atoms with Gasteiger partial charge in [-0.2, -0.15) is 0 Å². The number of nitrogens with zero attached hydrogens (tertiary/aromatic N) is 1. The average molecular weight is 283 g/mol. The van der Waals surface area contributed by atoms with E-state index in [9.17, 15) is 8.42 Å². The van der Waals surface area contributed by atoms with E-state index in [1.54, 1.807) is 4.31 Å². The first kappa shape index (κ1) is 16.2. The van der Waals surface area contributed by atoms with Crippen LogP contribution in [0.3, 0.4) is 0 Å². The van der Waals surface area contributed by atoms with Crippen molar-refractivity contribution in [2.45, 2.75) is 33.4 Å². The van der Waals surface area contributed by atoms with E-state index in [1.165, 1.54) is 0 Å². The highest BCUT2D eigenvalue weighted by molar-refractivity contribution is 7.88. The maximum absolute atomic E-state index is 12.5. The van der Waals surface area contributed by atoms with Crippen molar-refractivity contribution in [3.8, 4) is 0 Å². The van der Waals surface area contributed by atoms with Gasteiger partial charge in [0.15, 0.2) is 0 Å².